The van der Waals surface area contributed by atoms with Crippen molar-refractivity contribution in [3.05, 3.63) is 0 Å². The van der Waals surface area contributed by atoms with Crippen LogP contribution < -0.4 is 5.32 Å². The summed E-state index contributed by atoms with van der Waals surface area (Å²) in [7, 11) is 0. The molecule has 0 atom stereocenters. The Kier molecular flexibility index (Phi) is 3.95. The van der Waals surface area contributed by atoms with Crippen LogP contribution in [-0.4, -0.2) is 13.1 Å². The van der Waals surface area contributed by atoms with Crippen LogP contribution in [0.4, 0.5) is 0 Å². The minimum Gasteiger partial charge on any atom is -0.317 e. The van der Waals surface area contributed by atoms with Crippen molar-refractivity contribution in [2.24, 2.45) is 0 Å². The Labute approximate surface area is 49.0 Å². The van der Waals surface area contributed by atoms with E-state index < -0.39 is 0 Å². The van der Waals surface area contributed by atoms with Gasteiger partial charge >= 0.3 is 0 Å². The summed E-state index contributed by atoms with van der Waals surface area (Å²) in [5.41, 5.74) is 0. The molecule has 0 radical (unpaired) electrons. The van der Waals surface area contributed by atoms with Gasteiger partial charge in [0.2, 0.25) is 0 Å². The minimum atomic E-state index is 0. The molecule has 1 heterocycles. The molecule has 1 N–H and O–H groups in total. The van der Waals surface area contributed by atoms with Crippen LogP contribution in [-0.2, 0) is 17.1 Å². The van der Waals surface area contributed by atoms with E-state index in [1.807, 2.05) is 0 Å². The second kappa shape index (κ2) is 3.66. The molecule has 1 aliphatic heterocycles. The molecular weight excluding hydrogens is 118 g/mol. The van der Waals surface area contributed by atoms with Crippen LogP contribution in [0.1, 0.15) is 12.8 Å². The van der Waals surface area contributed by atoms with Crippen LogP contribution in [0.15, 0.2) is 0 Å². The average molecular weight is 127 g/mol. The van der Waals surface area contributed by atoms with E-state index in [0.717, 1.165) is 0 Å². The van der Waals surface area contributed by atoms with Crippen LogP contribution in [0.5, 0.6) is 0 Å². The van der Waals surface area contributed by atoms with Crippen molar-refractivity contribution < 1.29 is 17.1 Å². The normalized spacial score (nSPS) is 20.0. The second-order valence-electron chi connectivity index (χ2n) is 1.46. The first kappa shape index (κ1) is 6.48. The number of nitrogens with one attached hydrogen (secondary N) is 1. The first-order valence-electron chi connectivity index (χ1n) is 2.21. The fourth-order valence-electron chi connectivity index (χ4n) is 0.625. The Morgan fingerprint density at radius 1 is 1.00 bits per heavy atom. The van der Waals surface area contributed by atoms with Crippen molar-refractivity contribution in [1.29, 1.82) is 0 Å². The van der Waals surface area contributed by atoms with Crippen LogP contribution >= 0.6 is 0 Å². The van der Waals surface area contributed by atoms with Gasteiger partial charge in [-0.1, -0.05) is 0 Å². The first-order chi connectivity index (χ1) is 2.50. The van der Waals surface area contributed by atoms with Crippen molar-refractivity contribution >= 4 is 0 Å². The molecule has 0 aromatic rings. The summed E-state index contributed by atoms with van der Waals surface area (Å²) in [4.78, 5) is 0. The van der Waals surface area contributed by atoms with E-state index in [9.17, 15) is 0 Å². The summed E-state index contributed by atoms with van der Waals surface area (Å²) in [5.74, 6) is 0. The van der Waals surface area contributed by atoms with Crippen molar-refractivity contribution in [3.8, 4) is 0 Å². The van der Waals surface area contributed by atoms with Crippen LogP contribution in [0, 0.1) is 0 Å². The Morgan fingerprint density at radius 2 is 1.50 bits per heavy atom. The van der Waals surface area contributed by atoms with E-state index in [0.29, 0.717) is 0 Å². The van der Waals surface area contributed by atoms with Crippen molar-refractivity contribution in [2.75, 3.05) is 13.1 Å². The maximum atomic E-state index is 3.22. The zero-order chi connectivity index (χ0) is 3.54. The van der Waals surface area contributed by atoms with E-state index in [2.05, 4.69) is 5.32 Å². The number of hydrogen-bond donors (Lipinski definition) is 1. The fraction of sp³-hybridized carbons (Fsp3) is 1.00. The molecule has 6 heavy (non-hydrogen) atoms. The molecule has 38 valence electrons. The Balaban J connectivity index is 0.000000250. The monoisotopic (exact) mass is 127 g/mol. The summed E-state index contributed by atoms with van der Waals surface area (Å²) in [6.07, 6.45) is 2.78. The molecule has 0 spiro atoms. The third-order valence-corrected chi connectivity index (χ3v) is 0.957. The summed E-state index contributed by atoms with van der Waals surface area (Å²) >= 11 is 0. The average Bonchev–Trinajstić information content (AvgIpc) is 1.76. The molecule has 0 aromatic heterocycles. The van der Waals surface area contributed by atoms with Gasteiger partial charge in [-0.2, -0.15) is 0 Å². The Morgan fingerprint density at radius 3 is 1.67 bits per heavy atom. The van der Waals surface area contributed by atoms with Crippen LogP contribution in [0.25, 0.3) is 0 Å². The molecule has 0 amide bonds. The van der Waals surface area contributed by atoms with E-state index in [1.54, 1.807) is 0 Å². The largest absolute Gasteiger partial charge is 0.317 e. The van der Waals surface area contributed by atoms with Crippen molar-refractivity contribution in [2.45, 2.75) is 12.8 Å². The summed E-state index contributed by atoms with van der Waals surface area (Å²) < 4.78 is 0. The molecule has 0 aromatic carbocycles. The van der Waals surface area contributed by atoms with Gasteiger partial charge in [-0.05, 0) is 25.9 Å². The Bertz CT molecular complexity index is 19.1. The third-order valence-electron chi connectivity index (χ3n) is 0.957. The molecule has 0 aliphatic carbocycles. The standard InChI is InChI=1S/C4H9N.Fe/c1-2-4-5-3-1;/h5H,1-4H2;. The van der Waals surface area contributed by atoms with E-state index in [4.69, 9.17) is 0 Å². The predicted molar refractivity (Wildman–Crippen MR) is 22.1 cm³/mol. The van der Waals surface area contributed by atoms with E-state index >= 15 is 0 Å². The molecule has 1 aliphatic rings. The SMILES string of the molecule is C1CCNC1.[Fe]. The maximum absolute atomic E-state index is 3.22. The second-order valence-corrected chi connectivity index (χ2v) is 1.46. The van der Waals surface area contributed by atoms with E-state index in [-0.39, 0.29) is 17.1 Å². The number of hydrogen-bond acceptors (Lipinski definition) is 1. The summed E-state index contributed by atoms with van der Waals surface area (Å²) in [6.45, 7) is 2.50. The smallest absolute Gasteiger partial charge is 0 e. The zero-order valence-corrected chi connectivity index (χ0v) is 4.79. The van der Waals surface area contributed by atoms with Crippen LogP contribution in [0.3, 0.4) is 0 Å². The van der Waals surface area contributed by atoms with Gasteiger partial charge in [0.25, 0.3) is 0 Å². The first-order valence-corrected chi connectivity index (χ1v) is 2.21. The van der Waals surface area contributed by atoms with Crippen LogP contribution in [0.2, 0.25) is 0 Å². The van der Waals surface area contributed by atoms with Gasteiger partial charge in [0, 0.05) is 17.1 Å². The van der Waals surface area contributed by atoms with Gasteiger partial charge in [0.1, 0.15) is 0 Å². The van der Waals surface area contributed by atoms with E-state index in [1.165, 1.54) is 25.9 Å². The fourth-order valence-corrected chi connectivity index (χ4v) is 0.625. The predicted octanol–water partition coefficient (Wildman–Crippen LogP) is 0.367. The molecular formula is C4H9FeN. The van der Waals surface area contributed by atoms with Crippen molar-refractivity contribution in [3.63, 3.8) is 0 Å². The summed E-state index contributed by atoms with van der Waals surface area (Å²) in [6, 6.07) is 0. The Hall–Kier alpha value is 0.479. The molecule has 1 nitrogen and oxygen atoms in total. The molecule has 2 heteroatoms. The molecule has 0 bridgehead atoms. The molecule has 0 unspecified atom stereocenters. The van der Waals surface area contributed by atoms with Crippen molar-refractivity contribution in [1.82, 2.24) is 5.32 Å². The van der Waals surface area contributed by atoms with Gasteiger partial charge in [0.15, 0.2) is 0 Å². The maximum Gasteiger partial charge on any atom is 0 e. The van der Waals surface area contributed by atoms with Gasteiger partial charge in [-0.3, -0.25) is 0 Å². The van der Waals surface area contributed by atoms with Gasteiger partial charge < -0.3 is 5.32 Å². The third kappa shape index (κ3) is 1.81. The number of rotatable bonds is 0. The summed E-state index contributed by atoms with van der Waals surface area (Å²) in [5, 5.41) is 3.22. The molecule has 1 rings (SSSR count). The topological polar surface area (TPSA) is 12.0 Å². The van der Waals surface area contributed by atoms with Gasteiger partial charge in [0.05, 0.1) is 0 Å². The zero-order valence-electron chi connectivity index (χ0n) is 3.68. The van der Waals surface area contributed by atoms with Gasteiger partial charge in [-0.25, -0.2) is 0 Å². The molecule has 1 saturated heterocycles. The molecule has 0 saturated carbocycles. The van der Waals surface area contributed by atoms with Gasteiger partial charge in [-0.15, -0.1) is 0 Å². The minimum absolute atomic E-state index is 0. The quantitative estimate of drug-likeness (QED) is 0.463. The molecule has 1 fully saturated rings.